The van der Waals surface area contributed by atoms with Gasteiger partial charge in [-0.1, -0.05) is 12.1 Å². The van der Waals surface area contributed by atoms with Crippen molar-refractivity contribution >= 4 is 18.3 Å². The summed E-state index contributed by atoms with van der Waals surface area (Å²) in [6.07, 6.45) is 3.89. The lowest BCUT2D eigenvalue weighted by Gasteiger charge is -2.33. The third-order valence-corrected chi connectivity index (χ3v) is 5.01. The molecule has 0 aliphatic carbocycles. The van der Waals surface area contributed by atoms with Gasteiger partial charge in [-0.05, 0) is 54.5 Å². The Hall–Kier alpha value is -2.31. The van der Waals surface area contributed by atoms with Crippen LogP contribution in [-0.4, -0.2) is 42.0 Å². The topological polar surface area (TPSA) is 88.4 Å². The summed E-state index contributed by atoms with van der Waals surface area (Å²) in [5.41, 5.74) is 8.13. The first-order valence-corrected chi connectivity index (χ1v) is 8.93. The third-order valence-electron chi connectivity index (χ3n) is 5.01. The highest BCUT2D eigenvalue weighted by molar-refractivity contribution is 5.85. The zero-order valence-electron chi connectivity index (χ0n) is 15.4. The summed E-state index contributed by atoms with van der Waals surface area (Å²) in [5.74, 6) is 1.10. The van der Waals surface area contributed by atoms with Gasteiger partial charge in [0.15, 0.2) is 0 Å². The highest BCUT2D eigenvalue weighted by Gasteiger charge is 2.27. The number of nitrogens with one attached hydrogen (secondary N) is 1. The quantitative estimate of drug-likeness (QED) is 0.816. The van der Waals surface area contributed by atoms with Gasteiger partial charge in [0, 0.05) is 25.4 Å². The molecule has 1 aliphatic heterocycles. The highest BCUT2D eigenvalue weighted by Crippen LogP contribution is 2.27. The number of piperidine rings is 1. The average Bonchev–Trinajstić information content (AvgIpc) is 2.68. The monoisotopic (exact) mass is 391 g/mol. The molecule has 1 amide bonds. The second-order valence-electron chi connectivity index (χ2n) is 6.74. The second-order valence-corrected chi connectivity index (χ2v) is 6.74. The largest absolute Gasteiger partial charge is 0.497 e. The number of ether oxygens (including phenoxy) is 1. The zero-order chi connectivity index (χ0) is 18.5. The Labute approximate surface area is 165 Å². The van der Waals surface area contributed by atoms with E-state index in [-0.39, 0.29) is 23.9 Å². The van der Waals surface area contributed by atoms with Crippen LogP contribution in [0.5, 0.6) is 5.75 Å². The van der Waals surface area contributed by atoms with Gasteiger partial charge in [-0.15, -0.1) is 12.4 Å². The van der Waals surface area contributed by atoms with Gasteiger partial charge in [-0.3, -0.25) is 9.59 Å². The summed E-state index contributed by atoms with van der Waals surface area (Å²) in [6.45, 7) is 1.35. The number of amides is 1. The number of pyridine rings is 1. The van der Waals surface area contributed by atoms with Crippen LogP contribution in [-0.2, 0) is 11.2 Å². The molecular weight excluding hydrogens is 366 g/mol. The summed E-state index contributed by atoms with van der Waals surface area (Å²) in [6, 6.07) is 10.7. The standard InChI is InChI=1S/C20H25N3O3.ClH/c1-26-17-4-2-14(3-5-17)12-18(21)20(25)23-10-7-15(8-11-23)16-6-9-22-19(24)13-16;/h2-6,9,13,15,18H,7-8,10-12,21H2,1H3,(H,22,24);1H/t18-;/m0./s1. The van der Waals surface area contributed by atoms with E-state index in [4.69, 9.17) is 10.5 Å². The van der Waals surface area contributed by atoms with Gasteiger partial charge < -0.3 is 20.4 Å². The Morgan fingerprint density at radius 1 is 1.26 bits per heavy atom. The Morgan fingerprint density at radius 2 is 1.93 bits per heavy atom. The fourth-order valence-electron chi connectivity index (χ4n) is 3.49. The van der Waals surface area contributed by atoms with Crippen molar-refractivity contribution in [2.45, 2.75) is 31.2 Å². The predicted octanol–water partition coefficient (Wildman–Crippen LogP) is 2.08. The molecule has 27 heavy (non-hydrogen) atoms. The zero-order valence-corrected chi connectivity index (χ0v) is 16.2. The number of methoxy groups -OCH3 is 1. The maximum absolute atomic E-state index is 12.6. The normalized spacial score (nSPS) is 15.7. The molecule has 1 aromatic carbocycles. The van der Waals surface area contributed by atoms with Crippen molar-refractivity contribution in [3.63, 3.8) is 0 Å². The molecule has 0 saturated carbocycles. The Kier molecular flexibility index (Phi) is 7.45. The number of carbonyl (C=O) groups excluding carboxylic acids is 1. The molecule has 1 aromatic heterocycles. The van der Waals surface area contributed by atoms with Gasteiger partial charge in [-0.2, -0.15) is 0 Å². The molecule has 3 rings (SSSR count). The molecule has 1 saturated heterocycles. The molecule has 1 fully saturated rings. The van der Waals surface area contributed by atoms with Gasteiger partial charge >= 0.3 is 0 Å². The summed E-state index contributed by atoms with van der Waals surface area (Å²) in [7, 11) is 1.62. The molecule has 7 heteroatoms. The summed E-state index contributed by atoms with van der Waals surface area (Å²) < 4.78 is 5.14. The van der Waals surface area contributed by atoms with Crippen molar-refractivity contribution in [3.05, 3.63) is 64.1 Å². The van der Waals surface area contributed by atoms with E-state index in [0.717, 1.165) is 29.7 Å². The van der Waals surface area contributed by atoms with Gasteiger partial charge in [0.2, 0.25) is 11.5 Å². The van der Waals surface area contributed by atoms with Gasteiger partial charge in [0.25, 0.3) is 0 Å². The van der Waals surface area contributed by atoms with Crippen molar-refractivity contribution in [1.82, 2.24) is 9.88 Å². The molecular formula is C20H26ClN3O3. The van der Waals surface area contributed by atoms with Gasteiger partial charge in [0.1, 0.15) is 5.75 Å². The number of hydrogen-bond donors (Lipinski definition) is 2. The third kappa shape index (κ3) is 5.34. The molecule has 0 unspecified atom stereocenters. The number of rotatable bonds is 5. The molecule has 1 atom stereocenters. The van der Waals surface area contributed by atoms with Crippen LogP contribution in [0.4, 0.5) is 0 Å². The van der Waals surface area contributed by atoms with Crippen molar-refractivity contribution in [1.29, 1.82) is 0 Å². The lowest BCUT2D eigenvalue weighted by molar-refractivity contribution is -0.133. The number of aromatic nitrogens is 1. The first-order chi connectivity index (χ1) is 12.6. The van der Waals surface area contributed by atoms with E-state index in [9.17, 15) is 9.59 Å². The molecule has 1 aliphatic rings. The molecule has 146 valence electrons. The number of likely N-dealkylation sites (tertiary alicyclic amines) is 1. The summed E-state index contributed by atoms with van der Waals surface area (Å²) in [4.78, 5) is 28.6. The number of carbonyl (C=O) groups is 1. The smallest absolute Gasteiger partial charge is 0.248 e. The SMILES string of the molecule is COc1ccc(C[C@H](N)C(=O)N2CCC(c3cc[nH]c(=O)c3)CC2)cc1.Cl. The Balaban J connectivity index is 0.00000261. The molecule has 0 spiro atoms. The van der Waals surface area contributed by atoms with Crippen LogP contribution in [0.2, 0.25) is 0 Å². The highest BCUT2D eigenvalue weighted by atomic mass is 35.5. The molecule has 6 nitrogen and oxygen atoms in total. The number of nitrogens with zero attached hydrogens (tertiary/aromatic N) is 1. The molecule has 0 radical (unpaired) electrons. The van der Waals surface area contributed by atoms with E-state index in [2.05, 4.69) is 4.98 Å². The molecule has 0 bridgehead atoms. The first-order valence-electron chi connectivity index (χ1n) is 8.93. The van der Waals surface area contributed by atoms with E-state index in [1.165, 1.54) is 0 Å². The van der Waals surface area contributed by atoms with Crippen LogP contribution in [0.1, 0.15) is 29.9 Å². The van der Waals surface area contributed by atoms with E-state index in [0.29, 0.717) is 25.4 Å². The van der Waals surface area contributed by atoms with Crippen molar-refractivity contribution < 1.29 is 9.53 Å². The second kappa shape index (κ2) is 9.58. The minimum atomic E-state index is -0.542. The van der Waals surface area contributed by atoms with Crippen LogP contribution in [0, 0.1) is 0 Å². The van der Waals surface area contributed by atoms with Crippen molar-refractivity contribution in [3.8, 4) is 5.75 Å². The summed E-state index contributed by atoms with van der Waals surface area (Å²) >= 11 is 0. The van der Waals surface area contributed by atoms with E-state index >= 15 is 0 Å². The van der Waals surface area contributed by atoms with Gasteiger partial charge in [0.05, 0.1) is 13.2 Å². The van der Waals surface area contributed by atoms with Crippen LogP contribution in [0.3, 0.4) is 0 Å². The number of benzene rings is 1. The molecule has 2 aromatic rings. The number of hydrogen-bond acceptors (Lipinski definition) is 4. The number of aromatic amines is 1. The number of halogens is 1. The lowest BCUT2D eigenvalue weighted by atomic mass is 9.89. The van der Waals surface area contributed by atoms with E-state index < -0.39 is 6.04 Å². The lowest BCUT2D eigenvalue weighted by Crippen LogP contribution is -2.47. The van der Waals surface area contributed by atoms with Gasteiger partial charge in [-0.25, -0.2) is 0 Å². The van der Waals surface area contributed by atoms with E-state index in [1.807, 2.05) is 35.2 Å². The predicted molar refractivity (Wildman–Crippen MR) is 108 cm³/mol. The summed E-state index contributed by atoms with van der Waals surface area (Å²) in [5, 5.41) is 0. The van der Waals surface area contributed by atoms with Crippen LogP contribution < -0.4 is 16.0 Å². The van der Waals surface area contributed by atoms with Crippen molar-refractivity contribution in [2.24, 2.45) is 5.73 Å². The Morgan fingerprint density at radius 3 is 2.52 bits per heavy atom. The average molecular weight is 392 g/mol. The van der Waals surface area contributed by atoms with Crippen LogP contribution in [0.25, 0.3) is 0 Å². The Bertz CT molecular complexity index is 799. The number of nitrogens with two attached hydrogens (primary N) is 1. The fraction of sp³-hybridized carbons (Fsp3) is 0.400. The first kappa shape index (κ1) is 21.0. The van der Waals surface area contributed by atoms with Crippen molar-refractivity contribution in [2.75, 3.05) is 20.2 Å². The molecule has 3 N–H and O–H groups in total. The minimum Gasteiger partial charge on any atom is -0.497 e. The maximum Gasteiger partial charge on any atom is 0.248 e. The number of H-pyrrole nitrogens is 1. The van der Waals surface area contributed by atoms with E-state index in [1.54, 1.807) is 19.4 Å². The minimum absolute atomic E-state index is 0. The van der Waals surface area contributed by atoms with Crippen LogP contribution in [0.15, 0.2) is 47.4 Å². The fourth-order valence-corrected chi connectivity index (χ4v) is 3.49. The van der Waals surface area contributed by atoms with Crippen LogP contribution >= 0.6 is 12.4 Å². The molecule has 2 heterocycles. The maximum atomic E-state index is 12.6.